The number of nitrogens with one attached hydrogen (secondary N) is 2. The van der Waals surface area contributed by atoms with Crippen molar-refractivity contribution in [2.45, 2.75) is 37.8 Å². The van der Waals surface area contributed by atoms with Gasteiger partial charge in [0.2, 0.25) is 11.8 Å². The molecule has 2 atom stereocenters. The lowest BCUT2D eigenvalue weighted by molar-refractivity contribution is -0.133. The zero-order valence-electron chi connectivity index (χ0n) is 22.1. The largest absolute Gasteiger partial charge is 0.351 e. The van der Waals surface area contributed by atoms with Crippen LogP contribution in [0.1, 0.15) is 41.0 Å². The average Bonchev–Trinajstić information content (AvgIpc) is 3.09. The molecular weight excluding hydrogens is 472 g/mol. The Morgan fingerprint density at radius 3 is 2.26 bits per heavy atom. The minimum absolute atomic E-state index is 0.0240. The van der Waals surface area contributed by atoms with Gasteiger partial charge in [0.15, 0.2) is 0 Å². The van der Waals surface area contributed by atoms with Crippen LogP contribution < -0.4 is 16.4 Å². The lowest BCUT2D eigenvalue weighted by Gasteiger charge is -2.29. The number of benzene rings is 3. The summed E-state index contributed by atoms with van der Waals surface area (Å²) in [5, 5.41) is 6.47. The van der Waals surface area contributed by atoms with Crippen molar-refractivity contribution in [3.05, 3.63) is 113 Å². The van der Waals surface area contributed by atoms with Crippen molar-refractivity contribution < 1.29 is 9.59 Å². The van der Waals surface area contributed by atoms with E-state index in [0.29, 0.717) is 32.6 Å². The minimum atomic E-state index is -0.375. The SMILES string of the molecule is Cc1ccc(/C=C/C(=O)NCC2CCN(CC(c3ccccc3)c3ccccc3)C(=O)C(CCN)N2)cc1. The van der Waals surface area contributed by atoms with Gasteiger partial charge in [-0.15, -0.1) is 0 Å². The highest BCUT2D eigenvalue weighted by Gasteiger charge is 2.32. The standard InChI is InChI=1S/C32H38N4O2/c1-24-12-14-25(15-13-24)16-17-31(37)34-22-28-19-21-36(32(38)30(35-28)18-20-33)23-29(26-8-4-2-5-9-26)27-10-6-3-7-11-27/h2-17,28-30,35H,18-23,33H2,1H3,(H,34,37)/b17-16+. The second kappa shape index (κ2) is 13.7. The molecule has 2 unspecified atom stereocenters. The molecule has 198 valence electrons. The third-order valence-electron chi connectivity index (χ3n) is 7.08. The first-order chi connectivity index (χ1) is 18.5. The van der Waals surface area contributed by atoms with Gasteiger partial charge in [-0.2, -0.15) is 0 Å². The Kier molecular flexibility index (Phi) is 9.84. The summed E-state index contributed by atoms with van der Waals surface area (Å²) in [6.07, 6.45) is 4.66. The summed E-state index contributed by atoms with van der Waals surface area (Å²) >= 11 is 0. The molecule has 4 N–H and O–H groups in total. The molecule has 0 radical (unpaired) electrons. The van der Waals surface area contributed by atoms with Crippen LogP contribution in [0, 0.1) is 6.92 Å². The molecule has 0 aromatic heterocycles. The number of carbonyl (C=O) groups is 2. The molecule has 0 bridgehead atoms. The highest BCUT2D eigenvalue weighted by Crippen LogP contribution is 2.27. The van der Waals surface area contributed by atoms with Crippen LogP contribution in [-0.4, -0.2) is 55.0 Å². The molecule has 6 heteroatoms. The van der Waals surface area contributed by atoms with Gasteiger partial charge in [-0.3, -0.25) is 9.59 Å². The van der Waals surface area contributed by atoms with Gasteiger partial charge in [0.1, 0.15) is 0 Å². The fraction of sp³-hybridized carbons (Fsp3) is 0.312. The molecule has 1 saturated heterocycles. The van der Waals surface area contributed by atoms with Gasteiger partial charge >= 0.3 is 0 Å². The van der Waals surface area contributed by atoms with Gasteiger partial charge in [-0.25, -0.2) is 0 Å². The molecular formula is C32H38N4O2. The number of nitrogens with zero attached hydrogens (tertiary/aromatic N) is 1. The number of rotatable bonds is 10. The van der Waals surface area contributed by atoms with Crippen LogP contribution >= 0.6 is 0 Å². The summed E-state index contributed by atoms with van der Waals surface area (Å²) < 4.78 is 0. The van der Waals surface area contributed by atoms with Crippen molar-refractivity contribution in [1.29, 1.82) is 0 Å². The predicted octanol–water partition coefficient (Wildman–Crippen LogP) is 3.86. The third kappa shape index (κ3) is 7.63. The topological polar surface area (TPSA) is 87.5 Å². The molecule has 3 aromatic carbocycles. The quantitative estimate of drug-likeness (QED) is 0.362. The van der Waals surface area contributed by atoms with Crippen molar-refractivity contribution in [3.63, 3.8) is 0 Å². The molecule has 2 amide bonds. The van der Waals surface area contributed by atoms with Gasteiger partial charge in [0.25, 0.3) is 0 Å². The van der Waals surface area contributed by atoms with E-state index in [0.717, 1.165) is 12.0 Å². The second-order valence-electron chi connectivity index (χ2n) is 9.93. The molecule has 1 aliphatic heterocycles. The average molecular weight is 511 g/mol. The van der Waals surface area contributed by atoms with Crippen LogP contribution in [0.15, 0.2) is 91.0 Å². The van der Waals surface area contributed by atoms with E-state index in [1.54, 1.807) is 6.08 Å². The smallest absolute Gasteiger partial charge is 0.244 e. The number of aryl methyl sites for hydroxylation is 1. The van der Waals surface area contributed by atoms with Crippen LogP contribution in [-0.2, 0) is 9.59 Å². The van der Waals surface area contributed by atoms with Crippen LogP contribution in [0.5, 0.6) is 0 Å². The molecule has 1 aliphatic rings. The monoisotopic (exact) mass is 510 g/mol. The predicted molar refractivity (Wildman–Crippen MR) is 154 cm³/mol. The first kappa shape index (κ1) is 27.3. The van der Waals surface area contributed by atoms with Crippen LogP contribution in [0.3, 0.4) is 0 Å². The number of nitrogens with two attached hydrogens (primary N) is 1. The summed E-state index contributed by atoms with van der Waals surface area (Å²) in [7, 11) is 0. The minimum Gasteiger partial charge on any atom is -0.351 e. The fourth-order valence-corrected chi connectivity index (χ4v) is 4.92. The van der Waals surface area contributed by atoms with Crippen LogP contribution in [0.25, 0.3) is 6.08 Å². The molecule has 0 spiro atoms. The zero-order chi connectivity index (χ0) is 26.7. The zero-order valence-corrected chi connectivity index (χ0v) is 22.1. The highest BCUT2D eigenvalue weighted by molar-refractivity contribution is 5.91. The maximum atomic E-state index is 13.6. The van der Waals surface area contributed by atoms with Crippen LogP contribution in [0.4, 0.5) is 0 Å². The Hall–Kier alpha value is -3.74. The Morgan fingerprint density at radius 2 is 1.66 bits per heavy atom. The van der Waals surface area contributed by atoms with E-state index in [-0.39, 0.29) is 29.8 Å². The maximum Gasteiger partial charge on any atom is 0.244 e. The van der Waals surface area contributed by atoms with Gasteiger partial charge in [0, 0.05) is 37.7 Å². The number of hydrogen-bond acceptors (Lipinski definition) is 4. The Balaban J connectivity index is 1.42. The number of amides is 2. The van der Waals surface area contributed by atoms with Crippen molar-refractivity contribution in [3.8, 4) is 0 Å². The molecule has 1 heterocycles. The lowest BCUT2D eigenvalue weighted by atomic mass is 9.90. The van der Waals surface area contributed by atoms with E-state index in [2.05, 4.69) is 34.9 Å². The Labute approximate surface area is 225 Å². The number of hydrogen-bond donors (Lipinski definition) is 3. The Morgan fingerprint density at radius 1 is 1.03 bits per heavy atom. The molecule has 0 saturated carbocycles. The van der Waals surface area contributed by atoms with Gasteiger partial charge in [-0.1, -0.05) is 90.5 Å². The summed E-state index contributed by atoms with van der Waals surface area (Å²) in [5.74, 6) is -0.00755. The summed E-state index contributed by atoms with van der Waals surface area (Å²) in [4.78, 5) is 28.1. The summed E-state index contributed by atoms with van der Waals surface area (Å²) in [5.41, 5.74) is 10.4. The number of carbonyl (C=O) groups excluding carboxylic acids is 2. The molecule has 38 heavy (non-hydrogen) atoms. The van der Waals surface area contributed by atoms with Gasteiger partial charge in [0.05, 0.1) is 6.04 Å². The van der Waals surface area contributed by atoms with Crippen molar-refractivity contribution in [2.75, 3.05) is 26.2 Å². The molecule has 1 fully saturated rings. The van der Waals surface area contributed by atoms with Crippen molar-refractivity contribution in [2.24, 2.45) is 5.73 Å². The van der Waals surface area contributed by atoms with E-state index in [1.807, 2.05) is 78.6 Å². The maximum absolute atomic E-state index is 13.6. The second-order valence-corrected chi connectivity index (χ2v) is 9.93. The molecule has 4 rings (SSSR count). The molecule has 6 nitrogen and oxygen atoms in total. The van der Waals surface area contributed by atoms with E-state index in [1.165, 1.54) is 16.7 Å². The highest BCUT2D eigenvalue weighted by atomic mass is 16.2. The van der Waals surface area contributed by atoms with Gasteiger partial charge < -0.3 is 21.3 Å². The first-order valence-electron chi connectivity index (χ1n) is 13.4. The third-order valence-corrected chi connectivity index (χ3v) is 7.08. The normalized spacial score (nSPS) is 18.1. The van der Waals surface area contributed by atoms with Crippen LogP contribution in [0.2, 0.25) is 0 Å². The lowest BCUT2D eigenvalue weighted by Crippen LogP contribution is -2.49. The summed E-state index contributed by atoms with van der Waals surface area (Å²) in [6, 6.07) is 28.3. The van der Waals surface area contributed by atoms with Crippen molar-refractivity contribution in [1.82, 2.24) is 15.5 Å². The van der Waals surface area contributed by atoms with E-state index in [9.17, 15) is 9.59 Å². The fourth-order valence-electron chi connectivity index (χ4n) is 4.92. The molecule has 0 aliphatic carbocycles. The van der Waals surface area contributed by atoms with E-state index >= 15 is 0 Å². The van der Waals surface area contributed by atoms with Crippen molar-refractivity contribution >= 4 is 17.9 Å². The molecule has 3 aromatic rings. The van der Waals surface area contributed by atoms with Gasteiger partial charge in [-0.05, 0) is 49.1 Å². The Bertz CT molecular complexity index is 1160. The van der Waals surface area contributed by atoms with E-state index in [4.69, 9.17) is 5.73 Å². The first-order valence-corrected chi connectivity index (χ1v) is 13.4. The summed E-state index contributed by atoms with van der Waals surface area (Å²) in [6.45, 7) is 4.10. The van der Waals surface area contributed by atoms with E-state index < -0.39 is 0 Å².